The zero-order chi connectivity index (χ0) is 13.3. The molecule has 1 aliphatic heterocycles. The monoisotopic (exact) mass is 287 g/mol. The summed E-state index contributed by atoms with van der Waals surface area (Å²) in [5, 5.41) is 1.19. The maximum Gasteiger partial charge on any atom is 0.129 e. The fraction of sp³-hybridized carbons (Fsp3) is 0.615. The Bertz CT molecular complexity index is 434. The molecule has 1 aromatic heterocycles. The van der Waals surface area contributed by atoms with Gasteiger partial charge in [-0.1, -0.05) is 23.2 Å². The molecule has 0 amide bonds. The van der Waals surface area contributed by atoms with Crippen molar-refractivity contribution >= 4 is 23.2 Å². The second-order valence-electron chi connectivity index (χ2n) is 5.51. The van der Waals surface area contributed by atoms with E-state index in [1.807, 2.05) is 6.07 Å². The summed E-state index contributed by atoms with van der Waals surface area (Å²) in [7, 11) is 2.17. The molecule has 0 spiro atoms. The Kier molecular flexibility index (Phi) is 4.17. The second-order valence-corrected chi connectivity index (χ2v) is 6.30. The molecule has 1 fully saturated rings. The highest BCUT2D eigenvalue weighted by molar-refractivity contribution is 6.32. The lowest BCUT2D eigenvalue weighted by molar-refractivity contribution is 0.0354. The first-order chi connectivity index (χ1) is 8.38. The number of rotatable bonds is 2. The Morgan fingerprint density at radius 1 is 1.28 bits per heavy atom. The van der Waals surface area contributed by atoms with Crippen molar-refractivity contribution < 1.29 is 0 Å². The second kappa shape index (κ2) is 5.33. The van der Waals surface area contributed by atoms with Crippen LogP contribution in [0.4, 0.5) is 0 Å². The molecule has 0 aliphatic carbocycles. The van der Waals surface area contributed by atoms with E-state index in [1.165, 1.54) is 0 Å². The van der Waals surface area contributed by atoms with Gasteiger partial charge < -0.3 is 0 Å². The van der Waals surface area contributed by atoms with Gasteiger partial charge in [-0.25, -0.2) is 4.98 Å². The first-order valence-electron chi connectivity index (χ1n) is 6.13. The normalized spacial score (nSPS) is 21.2. The zero-order valence-electron chi connectivity index (χ0n) is 11.1. The van der Waals surface area contributed by atoms with Crippen LogP contribution >= 0.6 is 23.2 Å². The van der Waals surface area contributed by atoms with E-state index >= 15 is 0 Å². The van der Waals surface area contributed by atoms with Crippen LogP contribution in [0.25, 0.3) is 0 Å². The van der Waals surface area contributed by atoms with Gasteiger partial charge in [0.15, 0.2) is 0 Å². The van der Waals surface area contributed by atoms with Crippen molar-refractivity contribution in [1.29, 1.82) is 0 Å². The van der Waals surface area contributed by atoms with E-state index < -0.39 is 0 Å². The van der Waals surface area contributed by atoms with Crippen LogP contribution < -0.4 is 0 Å². The van der Waals surface area contributed by atoms with Gasteiger partial charge in [-0.15, -0.1) is 0 Å². The van der Waals surface area contributed by atoms with Crippen LogP contribution in [-0.4, -0.2) is 47.0 Å². The number of hydrogen-bond acceptors (Lipinski definition) is 3. The average Bonchev–Trinajstić information content (AvgIpc) is 2.28. The van der Waals surface area contributed by atoms with E-state index in [0.717, 1.165) is 31.9 Å². The third kappa shape index (κ3) is 3.15. The van der Waals surface area contributed by atoms with Crippen LogP contribution in [0.2, 0.25) is 10.2 Å². The van der Waals surface area contributed by atoms with Crippen LogP contribution in [0.15, 0.2) is 12.1 Å². The summed E-state index contributed by atoms with van der Waals surface area (Å²) in [6, 6.07) is 3.54. The van der Waals surface area contributed by atoms with Gasteiger partial charge in [0.1, 0.15) is 5.15 Å². The highest BCUT2D eigenvalue weighted by Crippen LogP contribution is 2.23. The van der Waals surface area contributed by atoms with Crippen LogP contribution in [0.1, 0.15) is 19.5 Å². The summed E-state index contributed by atoms with van der Waals surface area (Å²) in [4.78, 5) is 9.08. The van der Waals surface area contributed by atoms with Gasteiger partial charge in [0.05, 0.1) is 10.7 Å². The quantitative estimate of drug-likeness (QED) is 0.780. The molecule has 0 saturated carbocycles. The number of likely N-dealkylation sites (N-methyl/N-ethyl adjacent to an activating group) is 1. The van der Waals surface area contributed by atoms with Crippen molar-refractivity contribution in [3.8, 4) is 0 Å². The number of piperazine rings is 1. The minimum atomic E-state index is 0.184. The van der Waals surface area contributed by atoms with Gasteiger partial charge in [-0.3, -0.25) is 9.80 Å². The molecule has 1 saturated heterocycles. The highest BCUT2D eigenvalue weighted by atomic mass is 35.5. The Hall–Kier alpha value is -0.350. The maximum absolute atomic E-state index is 6.16. The fourth-order valence-corrected chi connectivity index (χ4v) is 2.59. The molecule has 0 radical (unpaired) electrons. The largest absolute Gasteiger partial charge is 0.299 e. The van der Waals surface area contributed by atoms with Gasteiger partial charge >= 0.3 is 0 Å². The van der Waals surface area contributed by atoms with Crippen LogP contribution in [0.3, 0.4) is 0 Å². The molecule has 1 aliphatic rings. The van der Waals surface area contributed by atoms with Gasteiger partial charge in [0, 0.05) is 31.7 Å². The Labute approximate surface area is 119 Å². The van der Waals surface area contributed by atoms with E-state index in [4.69, 9.17) is 23.2 Å². The highest BCUT2D eigenvalue weighted by Gasteiger charge is 2.31. The molecule has 3 nitrogen and oxygen atoms in total. The van der Waals surface area contributed by atoms with E-state index in [-0.39, 0.29) is 5.54 Å². The lowest BCUT2D eigenvalue weighted by Gasteiger charge is -2.45. The first-order valence-corrected chi connectivity index (χ1v) is 6.88. The summed E-state index contributed by atoms with van der Waals surface area (Å²) in [6.45, 7) is 8.37. The van der Waals surface area contributed by atoms with Crippen molar-refractivity contribution in [2.75, 3.05) is 26.7 Å². The maximum atomic E-state index is 6.16. The van der Waals surface area contributed by atoms with Crippen LogP contribution in [-0.2, 0) is 6.54 Å². The molecular weight excluding hydrogens is 269 g/mol. The predicted octanol–water partition coefficient (Wildman–Crippen LogP) is 2.91. The van der Waals surface area contributed by atoms with Crippen molar-refractivity contribution in [3.63, 3.8) is 0 Å². The smallest absolute Gasteiger partial charge is 0.129 e. The third-order valence-corrected chi connectivity index (χ3v) is 4.21. The molecule has 0 N–H and O–H groups in total. The van der Waals surface area contributed by atoms with Crippen molar-refractivity contribution in [3.05, 3.63) is 28.0 Å². The SMILES string of the molecule is CN1CCN(Cc2nc(Cl)ccc2Cl)CC1(C)C. The van der Waals surface area contributed by atoms with Crippen LogP contribution in [0.5, 0.6) is 0 Å². The summed E-state index contributed by atoms with van der Waals surface area (Å²) in [5.41, 5.74) is 1.05. The molecule has 18 heavy (non-hydrogen) atoms. The molecule has 2 heterocycles. The van der Waals surface area contributed by atoms with Crippen LogP contribution in [0, 0.1) is 0 Å². The standard InChI is InChI=1S/C13H19Cl2N3/c1-13(2)9-18(7-6-17(13)3)8-11-10(14)4-5-12(15)16-11/h4-5H,6-9H2,1-3H3. The summed E-state index contributed by atoms with van der Waals surface area (Å²) >= 11 is 12.1. The number of pyridine rings is 1. The lowest BCUT2D eigenvalue weighted by Crippen LogP contribution is -2.57. The summed E-state index contributed by atoms with van der Waals surface area (Å²) in [6.07, 6.45) is 0. The summed E-state index contributed by atoms with van der Waals surface area (Å²) in [5.74, 6) is 0. The molecule has 0 aromatic carbocycles. The van der Waals surface area contributed by atoms with E-state index in [1.54, 1.807) is 6.07 Å². The average molecular weight is 288 g/mol. The van der Waals surface area contributed by atoms with E-state index in [0.29, 0.717) is 10.2 Å². The molecule has 0 unspecified atom stereocenters. The third-order valence-electron chi connectivity index (χ3n) is 3.65. The lowest BCUT2D eigenvalue weighted by atomic mass is 9.99. The minimum absolute atomic E-state index is 0.184. The Morgan fingerprint density at radius 2 is 2.00 bits per heavy atom. The number of aromatic nitrogens is 1. The van der Waals surface area contributed by atoms with Crippen molar-refractivity contribution in [1.82, 2.24) is 14.8 Å². The molecule has 0 bridgehead atoms. The first kappa shape index (κ1) is 14.1. The molecule has 0 atom stereocenters. The molecule has 5 heteroatoms. The van der Waals surface area contributed by atoms with Gasteiger partial charge in [0.25, 0.3) is 0 Å². The summed E-state index contributed by atoms with van der Waals surface area (Å²) < 4.78 is 0. The van der Waals surface area contributed by atoms with E-state index in [2.05, 4.69) is 35.7 Å². The number of halogens is 2. The number of nitrogens with zero attached hydrogens (tertiary/aromatic N) is 3. The Morgan fingerprint density at radius 3 is 2.67 bits per heavy atom. The molecule has 2 rings (SSSR count). The predicted molar refractivity (Wildman–Crippen MR) is 76.2 cm³/mol. The minimum Gasteiger partial charge on any atom is -0.299 e. The van der Waals surface area contributed by atoms with Crippen molar-refractivity contribution in [2.24, 2.45) is 0 Å². The van der Waals surface area contributed by atoms with Gasteiger partial charge in [0.2, 0.25) is 0 Å². The topological polar surface area (TPSA) is 19.4 Å². The molecule has 1 aromatic rings. The molecule has 100 valence electrons. The van der Waals surface area contributed by atoms with E-state index in [9.17, 15) is 0 Å². The number of hydrogen-bond donors (Lipinski definition) is 0. The fourth-order valence-electron chi connectivity index (χ4n) is 2.26. The van der Waals surface area contributed by atoms with Gasteiger partial charge in [-0.2, -0.15) is 0 Å². The molecular formula is C13H19Cl2N3. The zero-order valence-corrected chi connectivity index (χ0v) is 12.6. The van der Waals surface area contributed by atoms with Gasteiger partial charge in [-0.05, 0) is 33.0 Å². The Balaban J connectivity index is 2.08. The van der Waals surface area contributed by atoms with Crippen molar-refractivity contribution in [2.45, 2.75) is 25.9 Å².